The molecule has 0 heterocycles. The Balaban J connectivity index is -0.000000108. The second-order valence-corrected chi connectivity index (χ2v) is 2.41. The van der Waals surface area contributed by atoms with Crippen LogP contribution in [0.2, 0.25) is 0 Å². The van der Waals surface area contributed by atoms with Gasteiger partial charge in [-0.3, -0.25) is 0 Å². The first-order valence-electron chi connectivity index (χ1n) is 3.73. The van der Waals surface area contributed by atoms with E-state index in [1.54, 1.807) is 0 Å². The third-order valence-electron chi connectivity index (χ3n) is 0.728. The number of halogens is 9. The van der Waals surface area contributed by atoms with Crippen molar-refractivity contribution in [2.24, 2.45) is 0 Å². The molecule has 0 aliphatic rings. The summed E-state index contributed by atoms with van der Waals surface area (Å²) in [5.41, 5.74) is 0. The fourth-order valence-electron chi connectivity index (χ4n) is 0. The van der Waals surface area contributed by atoms with Crippen LogP contribution < -0.4 is 0 Å². The van der Waals surface area contributed by atoms with Gasteiger partial charge in [-0.15, -0.1) is 0 Å². The van der Waals surface area contributed by atoms with Gasteiger partial charge in [0, 0.05) is 24.4 Å². The summed E-state index contributed by atoms with van der Waals surface area (Å²) in [5, 5.41) is 21.4. The molecule has 22 heavy (non-hydrogen) atoms. The molecule has 0 unspecified atom stereocenters. The van der Waals surface area contributed by atoms with Gasteiger partial charge in [-0.2, -0.15) is 39.5 Å². The van der Waals surface area contributed by atoms with E-state index in [1.807, 2.05) is 0 Å². The number of aliphatic carboxylic acids is 3. The van der Waals surface area contributed by atoms with E-state index in [-0.39, 0.29) is 24.4 Å². The maximum atomic E-state index is 10.6. The topological polar surface area (TPSA) is 112 Å². The van der Waals surface area contributed by atoms with Crippen LogP contribution in [0.25, 0.3) is 0 Å². The molecule has 16 heteroatoms. The van der Waals surface area contributed by atoms with Crippen molar-refractivity contribution in [3.05, 3.63) is 0 Å². The Labute approximate surface area is 131 Å². The van der Waals surface area contributed by atoms with Crippen LogP contribution in [-0.2, 0) is 14.4 Å². The smallest absolute Gasteiger partial charge is 0.475 e. The molecule has 0 spiro atoms. The minimum absolute atomic E-state index is 0. The van der Waals surface area contributed by atoms with Gasteiger partial charge in [-0.1, -0.05) is 0 Å². The third kappa shape index (κ3) is 20.9. The zero-order valence-electron chi connectivity index (χ0n) is 9.42. The van der Waals surface area contributed by atoms with Crippen LogP contribution in [0, 0.1) is 0 Å². The molecule has 0 bridgehead atoms. The normalized spacial score (nSPS) is 10.8. The monoisotopic (exact) mass is 463 g/mol. The van der Waals surface area contributed by atoms with Gasteiger partial charge in [0.15, 0.2) is 0 Å². The molecule has 6 nitrogen and oxygen atoms in total. The predicted molar refractivity (Wildman–Crippen MR) is 46.8 cm³/mol. The van der Waals surface area contributed by atoms with Crippen LogP contribution in [0.3, 0.4) is 0 Å². The first-order valence-corrected chi connectivity index (χ1v) is 3.73. The number of hydrogen-bond donors (Lipinski definition) is 3. The molecule has 0 aliphatic carbocycles. The fourth-order valence-corrected chi connectivity index (χ4v) is 0. The van der Waals surface area contributed by atoms with Crippen molar-refractivity contribution in [3.8, 4) is 0 Å². The number of alkyl halides is 9. The van der Waals surface area contributed by atoms with E-state index in [1.165, 1.54) is 0 Å². The van der Waals surface area contributed by atoms with E-state index in [2.05, 4.69) is 0 Å². The zero-order valence-corrected chi connectivity index (χ0v) is 12.0. The summed E-state index contributed by atoms with van der Waals surface area (Å²) in [6.45, 7) is 0. The Kier molecular flexibility index (Phi) is 13.5. The number of rotatable bonds is 0. The predicted octanol–water partition coefficient (Wildman–Crippen LogP) is 1.52. The number of carboxylic acids is 3. The maximum absolute atomic E-state index is 10.6. The minimum atomic E-state index is -5.08. The summed E-state index contributed by atoms with van der Waals surface area (Å²) in [5.74, 6) is -8.27. The van der Waals surface area contributed by atoms with Gasteiger partial charge in [0.25, 0.3) is 0 Å². The van der Waals surface area contributed by atoms with Gasteiger partial charge in [0.1, 0.15) is 0 Å². The maximum Gasteiger partial charge on any atom is 0.490 e. The molecular weight excluding hydrogens is 461 g/mol. The van der Waals surface area contributed by atoms with Gasteiger partial charge in [0.05, 0.1) is 0 Å². The first-order chi connectivity index (χ1) is 8.83. The average Bonchev–Trinajstić information content (AvgIpc) is 2.14. The quantitative estimate of drug-likeness (QED) is 0.371. The Morgan fingerprint density at radius 1 is 0.500 bits per heavy atom. The van der Waals surface area contributed by atoms with Crippen molar-refractivity contribution < 1.29 is 69.2 Å². The first kappa shape index (κ1) is 28.7. The zero-order chi connectivity index (χ0) is 18.2. The van der Waals surface area contributed by atoms with Crippen molar-refractivity contribution in [3.63, 3.8) is 0 Å². The molecule has 0 rings (SSSR count). The summed E-state index contributed by atoms with van der Waals surface area (Å²) < 4.78 is 95.2. The fraction of sp³-hybridized carbons (Fsp3) is 0.500. The number of carbonyl (C=O) groups is 3. The molecule has 3 N–H and O–H groups in total. The molecule has 0 aromatic heterocycles. The second-order valence-electron chi connectivity index (χ2n) is 2.41. The van der Waals surface area contributed by atoms with Gasteiger partial charge >= 0.3 is 36.4 Å². The Morgan fingerprint density at radius 2 is 0.545 bits per heavy atom. The Hall–Kier alpha value is -1.40. The third-order valence-corrected chi connectivity index (χ3v) is 0.728. The average molecular weight is 464 g/mol. The van der Waals surface area contributed by atoms with Crippen LogP contribution in [-0.4, -0.2) is 76.2 Å². The molecule has 131 valence electrons. The molecule has 0 saturated heterocycles. The van der Waals surface area contributed by atoms with Crippen LogP contribution in [0.5, 0.6) is 0 Å². The van der Waals surface area contributed by atoms with Crippen LogP contribution in [0.1, 0.15) is 0 Å². The van der Waals surface area contributed by atoms with E-state index >= 15 is 0 Å². The van der Waals surface area contributed by atoms with Gasteiger partial charge in [0.2, 0.25) is 0 Å². The summed E-state index contributed by atoms with van der Waals surface area (Å²) in [7, 11) is 0. The standard InChI is InChI=1S/3C2HF3O2.Sb/c3*3-2(4,5)1(6)7;/h3*(H,6,7);. The van der Waals surface area contributed by atoms with Crippen molar-refractivity contribution in [1.29, 1.82) is 0 Å². The van der Waals surface area contributed by atoms with E-state index in [9.17, 15) is 39.5 Å². The van der Waals surface area contributed by atoms with E-state index in [0.717, 1.165) is 0 Å². The molecular formula is C6H3F9O6Sb. The summed E-state index contributed by atoms with van der Waals surface area (Å²) >= 11 is 0. The molecule has 0 atom stereocenters. The largest absolute Gasteiger partial charge is 0.490 e. The molecule has 0 saturated carbocycles. The minimum Gasteiger partial charge on any atom is -0.475 e. The molecule has 3 radical (unpaired) electrons. The Bertz CT molecular complexity index is 313. The molecule has 0 aromatic rings. The molecule has 0 amide bonds. The second kappa shape index (κ2) is 10.3. The molecule has 0 aliphatic heterocycles. The number of carboxylic acid groups (broad SMARTS) is 3. The van der Waals surface area contributed by atoms with E-state index < -0.39 is 36.4 Å². The SMILES string of the molecule is O=C(O)C(F)(F)F.O=C(O)C(F)(F)F.O=C(O)C(F)(F)F.[Sb]. The Morgan fingerprint density at radius 3 is 0.545 bits per heavy atom. The van der Waals surface area contributed by atoms with E-state index in [4.69, 9.17) is 29.7 Å². The van der Waals surface area contributed by atoms with E-state index in [0.29, 0.717) is 0 Å². The van der Waals surface area contributed by atoms with Gasteiger partial charge in [-0.05, 0) is 0 Å². The summed E-state index contributed by atoms with van der Waals surface area (Å²) in [6.07, 6.45) is -15.3. The van der Waals surface area contributed by atoms with Crippen molar-refractivity contribution in [1.82, 2.24) is 0 Å². The molecule has 0 fully saturated rings. The summed E-state index contributed by atoms with van der Waals surface area (Å²) in [6, 6.07) is 0. The van der Waals surface area contributed by atoms with Crippen LogP contribution >= 0.6 is 0 Å². The van der Waals surface area contributed by atoms with Gasteiger partial charge < -0.3 is 15.3 Å². The van der Waals surface area contributed by atoms with Crippen LogP contribution in [0.4, 0.5) is 39.5 Å². The van der Waals surface area contributed by atoms with Crippen molar-refractivity contribution in [2.45, 2.75) is 18.5 Å². The number of hydrogen-bond acceptors (Lipinski definition) is 3. The van der Waals surface area contributed by atoms with Crippen molar-refractivity contribution >= 4 is 42.3 Å². The van der Waals surface area contributed by atoms with Crippen LogP contribution in [0.15, 0.2) is 0 Å². The molecule has 0 aromatic carbocycles. The van der Waals surface area contributed by atoms with Crippen molar-refractivity contribution in [2.75, 3.05) is 0 Å². The van der Waals surface area contributed by atoms with Gasteiger partial charge in [-0.25, -0.2) is 14.4 Å². The summed E-state index contributed by atoms with van der Waals surface area (Å²) in [4.78, 5) is 26.7.